The SMILES string of the molecule is CC1=NOCC1C(=O)NCc1ccc2c(c1)CCN(C1CCC1)CC2. The van der Waals surface area contributed by atoms with Crippen LogP contribution in [0.1, 0.15) is 42.9 Å². The third-order valence-electron chi connectivity index (χ3n) is 5.94. The molecule has 1 amide bonds. The minimum absolute atomic E-state index is 0.00449. The van der Waals surface area contributed by atoms with Gasteiger partial charge in [-0.15, -0.1) is 0 Å². The van der Waals surface area contributed by atoms with Gasteiger partial charge >= 0.3 is 0 Å². The molecule has 1 aliphatic carbocycles. The first-order chi connectivity index (χ1) is 12.2. The Labute approximate surface area is 149 Å². The standard InChI is InChI=1S/C20H27N3O2/c1-14-19(13-25-22-14)20(24)21-12-15-5-6-16-7-9-23(18-3-2-4-18)10-8-17(16)11-15/h5-6,11,18-19H,2-4,7-10,12-13H2,1H3,(H,21,24). The van der Waals surface area contributed by atoms with Crippen molar-refractivity contribution in [1.29, 1.82) is 0 Å². The van der Waals surface area contributed by atoms with Gasteiger partial charge in [-0.1, -0.05) is 29.8 Å². The van der Waals surface area contributed by atoms with Gasteiger partial charge in [-0.3, -0.25) is 9.69 Å². The van der Waals surface area contributed by atoms with Gasteiger partial charge in [0.2, 0.25) is 5.91 Å². The fourth-order valence-corrected chi connectivity index (χ4v) is 4.00. The van der Waals surface area contributed by atoms with Crippen molar-refractivity contribution in [2.45, 2.75) is 51.6 Å². The number of hydrogen-bond acceptors (Lipinski definition) is 4. The first-order valence-electron chi connectivity index (χ1n) is 9.49. The average molecular weight is 341 g/mol. The van der Waals surface area contributed by atoms with E-state index in [-0.39, 0.29) is 11.8 Å². The fraction of sp³-hybridized carbons (Fsp3) is 0.600. The van der Waals surface area contributed by atoms with Crippen molar-refractivity contribution < 1.29 is 9.63 Å². The molecule has 0 saturated heterocycles. The Hall–Kier alpha value is -1.88. The summed E-state index contributed by atoms with van der Waals surface area (Å²) in [7, 11) is 0. The van der Waals surface area contributed by atoms with Gasteiger partial charge in [-0.25, -0.2) is 0 Å². The maximum absolute atomic E-state index is 12.3. The highest BCUT2D eigenvalue weighted by Gasteiger charge is 2.28. The molecule has 1 unspecified atom stereocenters. The number of nitrogens with one attached hydrogen (secondary N) is 1. The van der Waals surface area contributed by atoms with Crippen LogP contribution in [0, 0.1) is 5.92 Å². The zero-order chi connectivity index (χ0) is 17.2. The quantitative estimate of drug-likeness (QED) is 0.914. The molecule has 2 aliphatic heterocycles. The topological polar surface area (TPSA) is 53.9 Å². The second-order valence-corrected chi connectivity index (χ2v) is 7.52. The number of oxime groups is 1. The van der Waals surface area contributed by atoms with Crippen LogP contribution in [-0.4, -0.2) is 42.3 Å². The summed E-state index contributed by atoms with van der Waals surface area (Å²) < 4.78 is 0. The highest BCUT2D eigenvalue weighted by Crippen LogP contribution is 2.27. The van der Waals surface area contributed by atoms with Crippen LogP contribution in [0.5, 0.6) is 0 Å². The van der Waals surface area contributed by atoms with E-state index in [2.05, 4.69) is 33.6 Å². The summed E-state index contributed by atoms with van der Waals surface area (Å²) >= 11 is 0. The van der Waals surface area contributed by atoms with Crippen LogP contribution in [0.3, 0.4) is 0 Å². The van der Waals surface area contributed by atoms with Gasteiger partial charge in [-0.05, 0) is 49.3 Å². The van der Waals surface area contributed by atoms with E-state index < -0.39 is 0 Å². The van der Waals surface area contributed by atoms with Crippen molar-refractivity contribution in [3.8, 4) is 0 Å². The molecule has 1 saturated carbocycles. The first kappa shape index (κ1) is 16.6. The third kappa shape index (κ3) is 3.56. The highest BCUT2D eigenvalue weighted by atomic mass is 16.6. The second-order valence-electron chi connectivity index (χ2n) is 7.52. The summed E-state index contributed by atoms with van der Waals surface area (Å²) in [5.41, 5.74) is 4.87. The molecule has 0 aromatic heterocycles. The van der Waals surface area contributed by atoms with E-state index in [4.69, 9.17) is 4.84 Å². The van der Waals surface area contributed by atoms with Crippen LogP contribution in [0.15, 0.2) is 23.4 Å². The van der Waals surface area contributed by atoms with Gasteiger partial charge in [0.1, 0.15) is 12.5 Å². The van der Waals surface area contributed by atoms with E-state index in [0.717, 1.165) is 24.6 Å². The van der Waals surface area contributed by atoms with Crippen LogP contribution in [0.2, 0.25) is 0 Å². The molecule has 1 N–H and O–H groups in total. The maximum Gasteiger partial charge on any atom is 0.232 e. The molecule has 2 heterocycles. The van der Waals surface area contributed by atoms with Gasteiger partial charge in [-0.2, -0.15) is 0 Å². The molecular weight excluding hydrogens is 314 g/mol. The second kappa shape index (κ2) is 7.16. The van der Waals surface area contributed by atoms with Crippen LogP contribution in [0.25, 0.3) is 0 Å². The molecule has 5 nitrogen and oxygen atoms in total. The van der Waals surface area contributed by atoms with E-state index in [1.165, 1.54) is 49.0 Å². The lowest BCUT2D eigenvalue weighted by Crippen LogP contribution is -2.41. The van der Waals surface area contributed by atoms with Crippen LogP contribution >= 0.6 is 0 Å². The van der Waals surface area contributed by atoms with Gasteiger partial charge in [0.05, 0.1) is 5.71 Å². The molecule has 1 atom stereocenters. The number of nitrogens with zero attached hydrogens (tertiary/aromatic N) is 2. The summed E-state index contributed by atoms with van der Waals surface area (Å²) in [6, 6.07) is 7.52. The normalized spacial score (nSPS) is 23.9. The monoisotopic (exact) mass is 341 g/mol. The summed E-state index contributed by atoms with van der Waals surface area (Å²) in [4.78, 5) is 19.9. The van der Waals surface area contributed by atoms with Crippen LogP contribution in [-0.2, 0) is 29.0 Å². The third-order valence-corrected chi connectivity index (χ3v) is 5.94. The zero-order valence-electron chi connectivity index (χ0n) is 15.0. The lowest BCUT2D eigenvalue weighted by atomic mass is 9.91. The molecule has 134 valence electrons. The summed E-state index contributed by atoms with van der Waals surface area (Å²) in [6.07, 6.45) is 6.42. The minimum Gasteiger partial charge on any atom is -0.395 e. The van der Waals surface area contributed by atoms with E-state index >= 15 is 0 Å². The van der Waals surface area contributed by atoms with E-state index in [0.29, 0.717) is 13.2 Å². The number of carbonyl (C=O) groups excluding carboxylic acids is 1. The molecule has 5 heteroatoms. The number of carbonyl (C=O) groups is 1. The molecule has 1 aromatic carbocycles. The number of hydrogen-bond donors (Lipinski definition) is 1. The number of amides is 1. The van der Waals surface area contributed by atoms with Crippen LogP contribution < -0.4 is 5.32 Å². The Morgan fingerprint density at radius 2 is 2.08 bits per heavy atom. The molecule has 0 bridgehead atoms. The Morgan fingerprint density at radius 1 is 1.28 bits per heavy atom. The molecule has 3 aliphatic rings. The summed E-state index contributed by atoms with van der Waals surface area (Å²) in [5, 5.41) is 6.87. The average Bonchev–Trinajstić information content (AvgIpc) is 2.89. The van der Waals surface area contributed by atoms with Gasteiger partial charge in [0.25, 0.3) is 0 Å². The summed E-state index contributed by atoms with van der Waals surface area (Å²) in [5.74, 6) is -0.235. The zero-order valence-corrected chi connectivity index (χ0v) is 15.0. The van der Waals surface area contributed by atoms with Crippen molar-refractivity contribution in [3.63, 3.8) is 0 Å². The maximum atomic E-state index is 12.3. The van der Waals surface area contributed by atoms with Crippen molar-refractivity contribution in [2.75, 3.05) is 19.7 Å². The number of fused-ring (bicyclic) bond motifs is 1. The largest absolute Gasteiger partial charge is 0.395 e. The van der Waals surface area contributed by atoms with Crippen molar-refractivity contribution in [2.24, 2.45) is 11.1 Å². The molecule has 0 spiro atoms. The minimum atomic E-state index is -0.239. The van der Waals surface area contributed by atoms with E-state index in [9.17, 15) is 4.79 Å². The van der Waals surface area contributed by atoms with Crippen molar-refractivity contribution in [1.82, 2.24) is 10.2 Å². The first-order valence-corrected chi connectivity index (χ1v) is 9.49. The molecule has 4 rings (SSSR count). The molecular formula is C20H27N3O2. The molecule has 1 aromatic rings. The van der Waals surface area contributed by atoms with Gasteiger partial charge in [0.15, 0.2) is 0 Å². The number of rotatable bonds is 4. The number of benzene rings is 1. The lowest BCUT2D eigenvalue weighted by molar-refractivity contribution is -0.123. The van der Waals surface area contributed by atoms with Gasteiger partial charge in [0, 0.05) is 25.7 Å². The Kier molecular flexibility index (Phi) is 4.75. The Balaban J connectivity index is 1.36. The fourth-order valence-electron chi connectivity index (χ4n) is 4.00. The predicted molar refractivity (Wildman–Crippen MR) is 97.5 cm³/mol. The van der Waals surface area contributed by atoms with Crippen LogP contribution in [0.4, 0.5) is 0 Å². The van der Waals surface area contributed by atoms with Crippen molar-refractivity contribution in [3.05, 3.63) is 34.9 Å². The molecule has 1 fully saturated rings. The van der Waals surface area contributed by atoms with E-state index in [1.807, 2.05) is 6.92 Å². The van der Waals surface area contributed by atoms with Crippen molar-refractivity contribution >= 4 is 11.6 Å². The smallest absolute Gasteiger partial charge is 0.232 e. The highest BCUT2D eigenvalue weighted by molar-refractivity contribution is 6.03. The summed E-state index contributed by atoms with van der Waals surface area (Å²) in [6.45, 7) is 5.13. The molecule has 25 heavy (non-hydrogen) atoms. The Morgan fingerprint density at radius 3 is 2.76 bits per heavy atom. The lowest BCUT2D eigenvalue weighted by Gasteiger charge is -2.36. The van der Waals surface area contributed by atoms with E-state index in [1.54, 1.807) is 0 Å². The molecule has 0 radical (unpaired) electrons. The predicted octanol–water partition coefficient (Wildman–Crippen LogP) is 2.28. The Bertz CT molecular complexity index is 682. The van der Waals surface area contributed by atoms with Gasteiger partial charge < -0.3 is 10.2 Å².